The van der Waals surface area contributed by atoms with Crippen LogP contribution in [0, 0.1) is 0 Å². The van der Waals surface area contributed by atoms with Crippen LogP contribution in [-0.2, 0) is 4.74 Å². The van der Waals surface area contributed by atoms with Crippen molar-refractivity contribution in [3.63, 3.8) is 0 Å². The highest BCUT2D eigenvalue weighted by atomic mass is 16.5. The Morgan fingerprint density at radius 2 is 1.46 bits per heavy atom. The van der Waals surface area contributed by atoms with Crippen molar-refractivity contribution in [1.82, 2.24) is 0 Å². The average molecular weight is 349 g/mol. The molecule has 26 heavy (non-hydrogen) atoms. The van der Waals surface area contributed by atoms with E-state index in [1.165, 1.54) is 0 Å². The molecule has 0 aromatic heterocycles. The Labute approximate surface area is 151 Å². The lowest BCUT2D eigenvalue weighted by molar-refractivity contribution is 0.168. The van der Waals surface area contributed by atoms with E-state index in [1.807, 2.05) is 42.5 Å². The van der Waals surface area contributed by atoms with Crippen LogP contribution < -0.4 is 16.0 Å². The van der Waals surface area contributed by atoms with E-state index in [2.05, 4.69) is 16.0 Å². The third-order valence-corrected chi connectivity index (χ3v) is 3.70. The van der Waals surface area contributed by atoms with Crippen LogP contribution in [-0.4, -0.2) is 18.7 Å². The van der Waals surface area contributed by atoms with Gasteiger partial charge in [0.2, 0.25) is 0 Å². The van der Waals surface area contributed by atoms with Gasteiger partial charge in [0, 0.05) is 16.8 Å². The molecule has 0 spiro atoms. The van der Waals surface area contributed by atoms with Crippen LogP contribution in [0.4, 0.5) is 26.7 Å². The summed E-state index contributed by atoms with van der Waals surface area (Å²) in [6.45, 7) is 2.04. The average Bonchev–Trinajstić information content (AvgIpc) is 2.64. The molecule has 0 aliphatic heterocycles. The van der Waals surface area contributed by atoms with Crippen LogP contribution in [0.5, 0.6) is 0 Å². The molecule has 0 unspecified atom stereocenters. The number of carbonyl (C=O) groups excluding carboxylic acids is 2. The molecule has 0 saturated heterocycles. The van der Waals surface area contributed by atoms with Gasteiger partial charge in [-0.2, -0.15) is 0 Å². The Morgan fingerprint density at radius 1 is 0.808 bits per heavy atom. The summed E-state index contributed by atoms with van der Waals surface area (Å²) in [7, 11) is 0. The minimum Gasteiger partial charge on any atom is -0.450 e. The van der Waals surface area contributed by atoms with Gasteiger partial charge in [-0.1, -0.05) is 36.4 Å². The molecule has 6 nitrogen and oxygen atoms in total. The lowest BCUT2D eigenvalue weighted by Crippen LogP contribution is -2.19. The highest BCUT2D eigenvalue weighted by molar-refractivity contribution is 6.06. The molecule has 0 radical (unpaired) electrons. The maximum atomic E-state index is 12.3. The van der Waals surface area contributed by atoms with E-state index in [0.29, 0.717) is 18.0 Å². The number of anilines is 3. The molecule has 3 amide bonds. The molecule has 3 N–H and O–H groups in total. The molecular weight excluding hydrogens is 330 g/mol. The fourth-order valence-electron chi connectivity index (χ4n) is 2.54. The van der Waals surface area contributed by atoms with Crippen LogP contribution in [0.15, 0.2) is 66.7 Å². The van der Waals surface area contributed by atoms with Gasteiger partial charge in [-0.25, -0.2) is 9.59 Å². The van der Waals surface area contributed by atoms with Gasteiger partial charge in [-0.15, -0.1) is 0 Å². The standard InChI is InChI=1S/C20H19N3O3/c1-2-26-20(25)22-16-12-10-15(11-13-16)21-19(24)23-18-9-5-7-14-6-3-4-8-17(14)18/h3-13H,2H2,1H3,(H,22,25)(H2,21,23,24). The van der Waals surface area contributed by atoms with Crippen molar-refractivity contribution >= 4 is 40.0 Å². The molecule has 0 saturated carbocycles. The zero-order valence-corrected chi connectivity index (χ0v) is 14.3. The number of amides is 3. The fourth-order valence-corrected chi connectivity index (χ4v) is 2.54. The third kappa shape index (κ3) is 4.30. The van der Waals surface area contributed by atoms with Crippen molar-refractivity contribution in [3.05, 3.63) is 66.7 Å². The van der Waals surface area contributed by atoms with Gasteiger partial charge in [0.1, 0.15) is 0 Å². The highest BCUT2D eigenvalue weighted by Gasteiger charge is 2.06. The maximum Gasteiger partial charge on any atom is 0.411 e. The Kier molecular flexibility index (Phi) is 5.34. The normalized spacial score (nSPS) is 10.2. The van der Waals surface area contributed by atoms with Crippen LogP contribution >= 0.6 is 0 Å². The molecule has 0 heterocycles. The number of nitrogens with one attached hydrogen (secondary N) is 3. The summed E-state index contributed by atoms with van der Waals surface area (Å²) < 4.78 is 4.81. The van der Waals surface area contributed by atoms with E-state index in [1.54, 1.807) is 31.2 Å². The zero-order valence-electron chi connectivity index (χ0n) is 14.3. The van der Waals surface area contributed by atoms with Gasteiger partial charge in [0.05, 0.1) is 12.3 Å². The SMILES string of the molecule is CCOC(=O)Nc1ccc(NC(=O)Nc2cccc3ccccc23)cc1. The van der Waals surface area contributed by atoms with Crippen molar-refractivity contribution in [3.8, 4) is 0 Å². The van der Waals surface area contributed by atoms with Crippen LogP contribution in [0.2, 0.25) is 0 Å². The van der Waals surface area contributed by atoms with Crippen molar-refractivity contribution in [1.29, 1.82) is 0 Å². The van der Waals surface area contributed by atoms with Gasteiger partial charge in [-0.05, 0) is 42.6 Å². The molecule has 0 aliphatic rings. The first-order valence-electron chi connectivity index (χ1n) is 8.25. The van der Waals surface area contributed by atoms with E-state index in [9.17, 15) is 9.59 Å². The molecule has 0 bridgehead atoms. The highest BCUT2D eigenvalue weighted by Crippen LogP contribution is 2.23. The van der Waals surface area contributed by atoms with Crippen molar-refractivity contribution in [2.24, 2.45) is 0 Å². The summed E-state index contributed by atoms with van der Waals surface area (Å²) in [6, 6.07) is 20.0. The van der Waals surface area contributed by atoms with E-state index in [-0.39, 0.29) is 6.03 Å². The Balaban J connectivity index is 1.63. The number of hydrogen-bond acceptors (Lipinski definition) is 3. The van der Waals surface area contributed by atoms with E-state index in [0.717, 1.165) is 16.5 Å². The monoisotopic (exact) mass is 349 g/mol. The largest absolute Gasteiger partial charge is 0.450 e. The van der Waals surface area contributed by atoms with Crippen molar-refractivity contribution < 1.29 is 14.3 Å². The number of benzene rings is 3. The fraction of sp³-hybridized carbons (Fsp3) is 0.100. The number of ether oxygens (including phenoxy) is 1. The van der Waals surface area contributed by atoms with E-state index in [4.69, 9.17) is 4.74 Å². The first-order valence-corrected chi connectivity index (χ1v) is 8.25. The van der Waals surface area contributed by atoms with Crippen molar-refractivity contribution in [2.45, 2.75) is 6.92 Å². The molecule has 3 rings (SSSR count). The molecule has 132 valence electrons. The second-order valence-corrected chi connectivity index (χ2v) is 5.53. The number of rotatable bonds is 4. The predicted octanol–water partition coefficient (Wildman–Crippen LogP) is 5.05. The summed E-state index contributed by atoms with van der Waals surface area (Å²) in [4.78, 5) is 23.6. The van der Waals surface area contributed by atoms with Crippen LogP contribution in [0.1, 0.15) is 6.92 Å². The van der Waals surface area contributed by atoms with E-state index < -0.39 is 6.09 Å². The topological polar surface area (TPSA) is 79.5 Å². The summed E-state index contributed by atoms with van der Waals surface area (Å²) in [6.07, 6.45) is -0.512. The number of urea groups is 1. The summed E-state index contributed by atoms with van der Waals surface area (Å²) >= 11 is 0. The van der Waals surface area contributed by atoms with Gasteiger partial charge >= 0.3 is 12.1 Å². The van der Waals surface area contributed by atoms with Crippen LogP contribution in [0.3, 0.4) is 0 Å². The second kappa shape index (κ2) is 8.02. The first-order chi connectivity index (χ1) is 12.7. The number of hydrogen-bond donors (Lipinski definition) is 3. The summed E-state index contributed by atoms with van der Waals surface area (Å²) in [5, 5.41) is 10.2. The van der Waals surface area contributed by atoms with E-state index >= 15 is 0 Å². The molecule has 3 aromatic carbocycles. The Morgan fingerprint density at radius 3 is 2.19 bits per heavy atom. The molecule has 0 atom stereocenters. The smallest absolute Gasteiger partial charge is 0.411 e. The molecule has 6 heteroatoms. The molecule has 0 aliphatic carbocycles. The summed E-state index contributed by atoms with van der Waals surface area (Å²) in [5.41, 5.74) is 1.93. The first kappa shape index (κ1) is 17.3. The zero-order chi connectivity index (χ0) is 18.4. The molecule has 0 fully saturated rings. The van der Waals surface area contributed by atoms with Gasteiger partial charge in [0.15, 0.2) is 0 Å². The third-order valence-electron chi connectivity index (χ3n) is 3.70. The summed E-state index contributed by atoms with van der Waals surface area (Å²) in [5.74, 6) is 0. The van der Waals surface area contributed by atoms with Gasteiger partial charge in [0.25, 0.3) is 0 Å². The second-order valence-electron chi connectivity index (χ2n) is 5.53. The lowest BCUT2D eigenvalue weighted by Gasteiger charge is -2.11. The molecular formula is C20H19N3O3. The molecule has 3 aromatic rings. The number of fused-ring (bicyclic) bond motifs is 1. The minimum absolute atomic E-state index is 0.305. The van der Waals surface area contributed by atoms with Crippen molar-refractivity contribution in [2.75, 3.05) is 22.6 Å². The predicted molar refractivity (Wildman–Crippen MR) is 104 cm³/mol. The minimum atomic E-state index is -0.512. The maximum absolute atomic E-state index is 12.3. The lowest BCUT2D eigenvalue weighted by atomic mass is 10.1. The Hall–Kier alpha value is -3.54. The van der Waals surface area contributed by atoms with Gasteiger partial charge < -0.3 is 15.4 Å². The Bertz CT molecular complexity index is 918. The number of carbonyl (C=O) groups is 2. The van der Waals surface area contributed by atoms with Gasteiger partial charge in [-0.3, -0.25) is 5.32 Å². The quantitative estimate of drug-likeness (QED) is 0.616. The van der Waals surface area contributed by atoms with Crippen LogP contribution in [0.25, 0.3) is 10.8 Å².